The molecule has 5 heteroatoms. The van der Waals surface area contributed by atoms with E-state index in [4.69, 9.17) is 4.74 Å². The van der Waals surface area contributed by atoms with Crippen molar-refractivity contribution in [2.45, 2.75) is 20.8 Å². The van der Waals surface area contributed by atoms with E-state index in [1.54, 1.807) is 13.2 Å². The summed E-state index contributed by atoms with van der Waals surface area (Å²) in [6.07, 6.45) is 1.90. The van der Waals surface area contributed by atoms with Crippen molar-refractivity contribution in [1.82, 2.24) is 4.57 Å². The molecule has 2 heterocycles. The van der Waals surface area contributed by atoms with Gasteiger partial charge in [-0.25, -0.2) is 4.90 Å². The second kappa shape index (κ2) is 8.76. The molecule has 3 aromatic carbocycles. The van der Waals surface area contributed by atoms with Crippen molar-refractivity contribution in [2.24, 2.45) is 0 Å². The van der Waals surface area contributed by atoms with E-state index in [9.17, 15) is 9.59 Å². The van der Waals surface area contributed by atoms with Crippen LogP contribution in [0.3, 0.4) is 0 Å². The van der Waals surface area contributed by atoms with Gasteiger partial charge in [0.25, 0.3) is 11.8 Å². The van der Waals surface area contributed by atoms with E-state index in [1.807, 2.05) is 93.6 Å². The molecule has 0 aliphatic carbocycles. The SMILES string of the molecule is COc1ccccc1-n1c(C)cc(/C=C2\C(=O)N(c3ccccc3C)C(=O)c3ccccc32)c1C. The Labute approximate surface area is 204 Å². The molecule has 1 aliphatic rings. The highest BCUT2D eigenvalue weighted by atomic mass is 16.5. The van der Waals surface area contributed by atoms with Crippen molar-refractivity contribution in [3.05, 3.63) is 113 Å². The first-order chi connectivity index (χ1) is 16.9. The Balaban J connectivity index is 1.70. The number of nitrogens with zero attached hydrogens (tertiary/aromatic N) is 2. The molecular formula is C30H26N2O3. The summed E-state index contributed by atoms with van der Waals surface area (Å²) < 4.78 is 7.70. The number of carbonyl (C=O) groups excluding carboxylic acids is 2. The number of fused-ring (bicyclic) bond motifs is 1. The van der Waals surface area contributed by atoms with Crippen LogP contribution in [0.4, 0.5) is 5.69 Å². The summed E-state index contributed by atoms with van der Waals surface area (Å²) in [7, 11) is 1.66. The van der Waals surface area contributed by atoms with E-state index in [-0.39, 0.29) is 11.8 Å². The number of ether oxygens (including phenoxy) is 1. The number of hydrogen-bond acceptors (Lipinski definition) is 3. The van der Waals surface area contributed by atoms with Crippen molar-refractivity contribution in [1.29, 1.82) is 0 Å². The van der Waals surface area contributed by atoms with Crippen molar-refractivity contribution in [2.75, 3.05) is 12.0 Å². The molecule has 2 amide bonds. The zero-order valence-corrected chi connectivity index (χ0v) is 20.2. The first kappa shape index (κ1) is 22.4. The number of rotatable bonds is 4. The summed E-state index contributed by atoms with van der Waals surface area (Å²) in [6.45, 7) is 5.96. The number of carbonyl (C=O) groups is 2. The van der Waals surface area contributed by atoms with E-state index >= 15 is 0 Å². The van der Waals surface area contributed by atoms with Crippen LogP contribution in [0.1, 0.15) is 38.4 Å². The van der Waals surface area contributed by atoms with Crippen molar-refractivity contribution in [3.8, 4) is 11.4 Å². The Morgan fingerprint density at radius 2 is 1.37 bits per heavy atom. The normalized spacial score (nSPS) is 14.4. The first-order valence-corrected chi connectivity index (χ1v) is 11.5. The maximum atomic E-state index is 13.8. The lowest BCUT2D eigenvalue weighted by atomic mass is 9.91. The van der Waals surface area contributed by atoms with Gasteiger partial charge in [-0.1, -0.05) is 48.5 Å². The van der Waals surface area contributed by atoms with Gasteiger partial charge >= 0.3 is 0 Å². The number of benzene rings is 3. The quantitative estimate of drug-likeness (QED) is 0.270. The van der Waals surface area contributed by atoms with Gasteiger partial charge in [0.05, 0.1) is 18.5 Å². The number of hydrogen-bond donors (Lipinski definition) is 0. The lowest BCUT2D eigenvalue weighted by Gasteiger charge is -2.29. The standard InChI is InChI=1S/C30H26N2O3/c1-19-11-5-8-14-26(19)32-29(33)24-13-7-6-12-23(24)25(30(32)34)18-22-17-20(2)31(21(22)3)27-15-9-10-16-28(27)35-4/h5-18H,1-4H3/b25-18-. The molecule has 5 nitrogen and oxygen atoms in total. The third kappa shape index (κ3) is 3.66. The fraction of sp³-hybridized carbons (Fsp3) is 0.133. The summed E-state index contributed by atoms with van der Waals surface area (Å²) in [4.78, 5) is 28.6. The van der Waals surface area contributed by atoms with Crippen LogP contribution in [0.5, 0.6) is 5.75 Å². The number of amides is 2. The molecule has 5 rings (SSSR count). The third-order valence-electron chi connectivity index (χ3n) is 6.54. The number of methoxy groups -OCH3 is 1. The maximum Gasteiger partial charge on any atom is 0.265 e. The number of aromatic nitrogens is 1. The smallest absolute Gasteiger partial charge is 0.265 e. The van der Waals surface area contributed by atoms with Gasteiger partial charge in [0.2, 0.25) is 0 Å². The Bertz CT molecular complexity index is 1510. The van der Waals surface area contributed by atoms with E-state index in [2.05, 4.69) is 10.6 Å². The Kier molecular flexibility index (Phi) is 5.61. The fourth-order valence-corrected chi connectivity index (χ4v) is 4.80. The predicted octanol–water partition coefficient (Wildman–Crippen LogP) is 6.14. The highest BCUT2D eigenvalue weighted by Crippen LogP contribution is 2.36. The van der Waals surface area contributed by atoms with Gasteiger partial charge in [-0.2, -0.15) is 0 Å². The molecule has 0 N–H and O–H groups in total. The maximum absolute atomic E-state index is 13.8. The van der Waals surface area contributed by atoms with Crippen LogP contribution >= 0.6 is 0 Å². The first-order valence-electron chi connectivity index (χ1n) is 11.5. The molecule has 35 heavy (non-hydrogen) atoms. The summed E-state index contributed by atoms with van der Waals surface area (Å²) in [5, 5.41) is 0. The van der Waals surface area contributed by atoms with Crippen LogP contribution in [0.25, 0.3) is 17.3 Å². The largest absolute Gasteiger partial charge is 0.495 e. The number of para-hydroxylation sites is 3. The zero-order valence-electron chi connectivity index (χ0n) is 20.2. The summed E-state index contributed by atoms with van der Waals surface area (Å²) in [5.41, 5.74) is 6.95. The van der Waals surface area contributed by atoms with Crippen molar-refractivity contribution < 1.29 is 14.3 Å². The van der Waals surface area contributed by atoms with Gasteiger partial charge in [-0.05, 0) is 73.9 Å². The summed E-state index contributed by atoms with van der Waals surface area (Å²) in [5.74, 6) is 0.130. The number of anilines is 1. The van der Waals surface area contributed by atoms with Gasteiger partial charge in [0.1, 0.15) is 5.75 Å². The zero-order chi connectivity index (χ0) is 24.7. The Morgan fingerprint density at radius 1 is 0.743 bits per heavy atom. The molecular weight excluding hydrogens is 436 g/mol. The van der Waals surface area contributed by atoms with Crippen LogP contribution in [0, 0.1) is 20.8 Å². The predicted molar refractivity (Wildman–Crippen MR) is 139 cm³/mol. The van der Waals surface area contributed by atoms with Gasteiger partial charge in [0.15, 0.2) is 0 Å². The van der Waals surface area contributed by atoms with Gasteiger partial charge in [-0.3, -0.25) is 9.59 Å². The minimum Gasteiger partial charge on any atom is -0.495 e. The van der Waals surface area contributed by atoms with Gasteiger partial charge in [0, 0.05) is 22.5 Å². The molecule has 0 saturated carbocycles. The monoisotopic (exact) mass is 462 g/mol. The van der Waals surface area contributed by atoms with Crippen LogP contribution in [0.15, 0.2) is 78.9 Å². The van der Waals surface area contributed by atoms with E-state index in [0.717, 1.165) is 34.0 Å². The number of imide groups is 1. The van der Waals surface area contributed by atoms with E-state index in [0.29, 0.717) is 22.4 Å². The average Bonchev–Trinajstić information content (AvgIpc) is 3.15. The highest BCUT2D eigenvalue weighted by molar-refractivity contribution is 6.43. The van der Waals surface area contributed by atoms with Crippen LogP contribution < -0.4 is 9.64 Å². The van der Waals surface area contributed by atoms with E-state index in [1.165, 1.54) is 4.90 Å². The molecule has 0 saturated heterocycles. The molecule has 0 unspecified atom stereocenters. The van der Waals surface area contributed by atoms with Crippen molar-refractivity contribution in [3.63, 3.8) is 0 Å². The third-order valence-corrected chi connectivity index (χ3v) is 6.54. The minimum absolute atomic E-state index is 0.309. The lowest BCUT2D eigenvalue weighted by Crippen LogP contribution is -2.42. The molecule has 1 aliphatic heterocycles. The Morgan fingerprint density at radius 3 is 2.09 bits per heavy atom. The fourth-order valence-electron chi connectivity index (χ4n) is 4.80. The lowest BCUT2D eigenvalue weighted by molar-refractivity contribution is -0.112. The number of aryl methyl sites for hydroxylation is 2. The molecule has 4 aromatic rings. The van der Waals surface area contributed by atoms with Gasteiger partial charge in [-0.15, -0.1) is 0 Å². The molecule has 0 fully saturated rings. The summed E-state index contributed by atoms with van der Waals surface area (Å²) in [6, 6.07) is 24.7. The minimum atomic E-state index is -0.329. The average molecular weight is 463 g/mol. The molecule has 0 atom stereocenters. The molecule has 0 spiro atoms. The van der Waals surface area contributed by atoms with Crippen molar-refractivity contribution >= 4 is 29.2 Å². The molecule has 174 valence electrons. The topological polar surface area (TPSA) is 51.5 Å². The molecule has 0 bridgehead atoms. The highest BCUT2D eigenvalue weighted by Gasteiger charge is 2.36. The van der Waals surface area contributed by atoms with Crippen LogP contribution in [-0.4, -0.2) is 23.5 Å². The molecule has 0 radical (unpaired) electrons. The van der Waals surface area contributed by atoms with Crippen LogP contribution in [-0.2, 0) is 4.79 Å². The second-order valence-corrected chi connectivity index (χ2v) is 8.67. The van der Waals surface area contributed by atoms with Gasteiger partial charge < -0.3 is 9.30 Å². The van der Waals surface area contributed by atoms with E-state index < -0.39 is 0 Å². The summed E-state index contributed by atoms with van der Waals surface area (Å²) >= 11 is 0. The second-order valence-electron chi connectivity index (χ2n) is 8.67. The molecule has 1 aromatic heterocycles. The van der Waals surface area contributed by atoms with Crippen LogP contribution in [0.2, 0.25) is 0 Å². The Hall–Kier alpha value is -4.38.